The summed E-state index contributed by atoms with van der Waals surface area (Å²) in [5, 5.41) is 0. The molecule has 82 heavy (non-hydrogen) atoms. The Bertz CT molecular complexity index is 1520. The number of allylic oxidation sites excluding steroid dienone is 8. The first-order chi connectivity index (χ1) is 40.0. The van der Waals surface area contributed by atoms with E-state index in [1.807, 2.05) is 21.1 Å². The van der Waals surface area contributed by atoms with Crippen LogP contribution in [0.15, 0.2) is 48.6 Å². The Morgan fingerprint density at radius 1 is 0.378 bits per heavy atom. The molecule has 0 aliphatic carbocycles. The molecular weight excluding hydrogens is 1040 g/mol. The van der Waals surface area contributed by atoms with Gasteiger partial charge in [0.2, 0.25) is 0 Å². The number of hydrogen-bond acceptors (Lipinski definition) is 7. The van der Waals surface area contributed by atoms with Crippen LogP contribution in [0.5, 0.6) is 0 Å². The molecule has 0 saturated carbocycles. The van der Waals surface area contributed by atoms with Crippen molar-refractivity contribution < 1.29 is 42.1 Å². The van der Waals surface area contributed by atoms with Crippen LogP contribution in [-0.4, -0.2) is 74.9 Å². The van der Waals surface area contributed by atoms with Crippen LogP contribution in [-0.2, 0) is 32.7 Å². The number of phosphoric ester groups is 1. The van der Waals surface area contributed by atoms with Gasteiger partial charge < -0.3 is 18.9 Å². The van der Waals surface area contributed by atoms with Gasteiger partial charge >= 0.3 is 19.8 Å². The number of carbonyl (C=O) groups is 2. The molecule has 0 aromatic heterocycles. The third-order valence-corrected chi connectivity index (χ3v) is 16.8. The molecule has 0 aromatic carbocycles. The largest absolute Gasteiger partial charge is 0.472 e. The predicted molar refractivity (Wildman–Crippen MR) is 353 cm³/mol. The maximum atomic E-state index is 12.9. The Kier molecular flexibility index (Phi) is 61.9. The Labute approximate surface area is 509 Å². The number of phosphoric acid groups is 1. The van der Waals surface area contributed by atoms with E-state index in [0.29, 0.717) is 17.4 Å². The fraction of sp³-hybridized carbons (Fsp3) is 0.861. The molecule has 1 N–H and O–H groups in total. The molecule has 0 amide bonds. The van der Waals surface area contributed by atoms with Crippen LogP contribution >= 0.6 is 7.82 Å². The summed E-state index contributed by atoms with van der Waals surface area (Å²) in [7, 11) is 1.49. The Morgan fingerprint density at radius 3 is 0.988 bits per heavy atom. The number of esters is 2. The van der Waals surface area contributed by atoms with Gasteiger partial charge in [0.15, 0.2) is 6.10 Å². The van der Waals surface area contributed by atoms with E-state index < -0.39 is 26.5 Å². The number of carbonyl (C=O) groups excluding carboxylic acids is 2. The van der Waals surface area contributed by atoms with Gasteiger partial charge in [-0.1, -0.05) is 306 Å². The number of unbranched alkanes of at least 4 members (excludes halogenated alkanes) is 44. The zero-order valence-electron chi connectivity index (χ0n) is 55.0. The second kappa shape index (κ2) is 63.5. The summed E-state index contributed by atoms with van der Waals surface area (Å²) in [6.07, 6.45) is 82.3. The van der Waals surface area contributed by atoms with E-state index in [2.05, 4.69) is 62.5 Å². The lowest BCUT2D eigenvalue weighted by Crippen LogP contribution is -2.37. The van der Waals surface area contributed by atoms with Gasteiger partial charge in [-0.2, -0.15) is 0 Å². The van der Waals surface area contributed by atoms with Gasteiger partial charge in [0.1, 0.15) is 19.8 Å². The van der Waals surface area contributed by atoms with Crippen LogP contribution in [0, 0.1) is 0 Å². The summed E-state index contributed by atoms with van der Waals surface area (Å²) in [4.78, 5) is 35.8. The summed E-state index contributed by atoms with van der Waals surface area (Å²) in [5.41, 5.74) is 0. The topological polar surface area (TPSA) is 108 Å². The third kappa shape index (κ3) is 67.1. The van der Waals surface area contributed by atoms with Crippen LogP contribution in [0.25, 0.3) is 0 Å². The van der Waals surface area contributed by atoms with E-state index in [0.717, 1.165) is 44.9 Å². The van der Waals surface area contributed by atoms with Crippen molar-refractivity contribution in [1.29, 1.82) is 0 Å². The normalized spacial score (nSPS) is 13.4. The van der Waals surface area contributed by atoms with Gasteiger partial charge in [-0.05, 0) is 77.0 Å². The molecule has 0 fully saturated rings. The average molecular weight is 1180 g/mol. The quantitative estimate of drug-likeness (QED) is 0.0211. The minimum Gasteiger partial charge on any atom is -0.462 e. The monoisotopic (exact) mass is 1180 g/mol. The maximum absolute atomic E-state index is 12.9. The highest BCUT2D eigenvalue weighted by Crippen LogP contribution is 2.43. The Hall–Kier alpha value is -2.03. The van der Waals surface area contributed by atoms with E-state index in [1.165, 1.54) is 270 Å². The Balaban J connectivity index is 3.92. The molecule has 0 bridgehead atoms. The van der Waals surface area contributed by atoms with Gasteiger partial charge in [0, 0.05) is 12.8 Å². The summed E-state index contributed by atoms with van der Waals surface area (Å²) in [5.74, 6) is -0.782. The van der Waals surface area contributed by atoms with Crippen LogP contribution in [0.4, 0.5) is 0 Å². The molecule has 0 aliphatic heterocycles. The van der Waals surface area contributed by atoms with Crippen molar-refractivity contribution in [2.45, 2.75) is 354 Å². The van der Waals surface area contributed by atoms with Crippen molar-refractivity contribution in [3.63, 3.8) is 0 Å². The van der Waals surface area contributed by atoms with Gasteiger partial charge in [0.05, 0.1) is 27.7 Å². The highest BCUT2D eigenvalue weighted by molar-refractivity contribution is 7.47. The zero-order valence-corrected chi connectivity index (χ0v) is 55.9. The van der Waals surface area contributed by atoms with Crippen LogP contribution < -0.4 is 0 Å². The number of hydrogen-bond donors (Lipinski definition) is 1. The van der Waals surface area contributed by atoms with Crippen LogP contribution in [0.3, 0.4) is 0 Å². The molecule has 0 heterocycles. The lowest BCUT2D eigenvalue weighted by Gasteiger charge is -2.24. The molecule has 0 rings (SSSR count). The molecule has 9 nitrogen and oxygen atoms in total. The molecule has 482 valence electrons. The second-order valence-corrected chi connectivity index (χ2v) is 26.7. The number of nitrogens with zero attached hydrogens (tertiary/aromatic N) is 1. The van der Waals surface area contributed by atoms with Crippen molar-refractivity contribution in [2.24, 2.45) is 0 Å². The van der Waals surface area contributed by atoms with Crippen molar-refractivity contribution in [3.05, 3.63) is 48.6 Å². The Morgan fingerprint density at radius 2 is 0.659 bits per heavy atom. The van der Waals surface area contributed by atoms with Crippen molar-refractivity contribution in [3.8, 4) is 0 Å². The highest BCUT2D eigenvalue weighted by Gasteiger charge is 2.27. The van der Waals surface area contributed by atoms with Crippen molar-refractivity contribution in [1.82, 2.24) is 0 Å². The molecule has 0 spiro atoms. The first kappa shape index (κ1) is 80.0. The molecule has 0 saturated heterocycles. The summed E-state index contributed by atoms with van der Waals surface area (Å²) in [6.45, 7) is 4.47. The van der Waals surface area contributed by atoms with Gasteiger partial charge in [-0.3, -0.25) is 18.6 Å². The maximum Gasteiger partial charge on any atom is 0.472 e. The number of rotatable bonds is 66. The minimum absolute atomic E-state index is 0.0334. The van der Waals surface area contributed by atoms with Gasteiger partial charge in [-0.25, -0.2) is 4.57 Å². The van der Waals surface area contributed by atoms with E-state index in [9.17, 15) is 19.0 Å². The molecule has 0 aromatic rings. The number of quaternary nitrogens is 1. The summed E-state index contributed by atoms with van der Waals surface area (Å²) < 4.78 is 34.7. The minimum atomic E-state index is -4.39. The van der Waals surface area contributed by atoms with Crippen LogP contribution in [0.2, 0.25) is 0 Å². The average Bonchev–Trinajstić information content (AvgIpc) is 3.46. The second-order valence-electron chi connectivity index (χ2n) is 25.3. The highest BCUT2D eigenvalue weighted by atomic mass is 31.2. The van der Waals surface area contributed by atoms with Gasteiger partial charge in [-0.15, -0.1) is 0 Å². The SMILES string of the molecule is CCCCCCC/C=C\C/C=C\C/C=C\CCCCCCCCCCCCCCCCCCCCCCCCCCC(=O)OC(COC(=O)CCCCCCCCCCC/C=C\CCCCCCCC)COP(=O)(O)OCC[N+](C)(C)C. The van der Waals surface area contributed by atoms with E-state index in [4.69, 9.17) is 18.5 Å². The first-order valence-corrected chi connectivity index (χ1v) is 36.9. The first-order valence-electron chi connectivity index (χ1n) is 35.4. The smallest absolute Gasteiger partial charge is 0.462 e. The van der Waals surface area contributed by atoms with Crippen LogP contribution in [0.1, 0.15) is 348 Å². The van der Waals surface area contributed by atoms with E-state index in [-0.39, 0.29) is 32.0 Å². The predicted octanol–water partition coefficient (Wildman–Crippen LogP) is 22.8. The van der Waals surface area contributed by atoms with Crippen molar-refractivity contribution in [2.75, 3.05) is 47.5 Å². The lowest BCUT2D eigenvalue weighted by atomic mass is 10.0. The molecule has 0 radical (unpaired) electrons. The third-order valence-electron chi connectivity index (χ3n) is 15.8. The molecule has 0 aliphatic rings. The van der Waals surface area contributed by atoms with E-state index >= 15 is 0 Å². The van der Waals surface area contributed by atoms with Gasteiger partial charge in [0.25, 0.3) is 0 Å². The molecule has 2 atom stereocenters. The van der Waals surface area contributed by atoms with E-state index in [1.54, 1.807) is 0 Å². The number of ether oxygens (including phenoxy) is 2. The van der Waals surface area contributed by atoms with Crippen molar-refractivity contribution >= 4 is 19.8 Å². The number of likely N-dealkylation sites (N-methyl/N-ethyl adjacent to an activating group) is 1. The lowest BCUT2D eigenvalue weighted by molar-refractivity contribution is -0.870. The fourth-order valence-electron chi connectivity index (χ4n) is 10.4. The standard InChI is InChI=1S/C72H136NO8P/c1-6-8-10-12-14-16-18-20-22-24-26-27-28-29-30-31-32-33-34-35-36-37-38-39-40-41-42-43-44-45-47-49-51-53-55-57-59-61-63-65-72(75)81-70(69-80-82(76,77)79-67-66-73(3,4)5)68-78-71(74)64-62-60-58-56-54-52-50-48-46-25-23-21-19-17-15-13-11-9-7-2/h18,20-21,23-24,26,28-29,70H,6-17,19,22,25,27,30-69H2,1-5H3/p+1/b20-18-,23-21-,26-24-,29-28-. The fourth-order valence-corrected chi connectivity index (χ4v) is 11.1. The molecule has 10 heteroatoms. The molecule has 2 unspecified atom stereocenters. The zero-order chi connectivity index (χ0) is 59.8. The molecular formula is C72H137NO8P+. The summed E-state index contributed by atoms with van der Waals surface area (Å²) >= 11 is 0. The summed E-state index contributed by atoms with van der Waals surface area (Å²) in [6, 6.07) is 0.